The molecule has 0 bridgehead atoms. The molecule has 5 nitrogen and oxygen atoms in total. The molecule has 0 aliphatic heterocycles. The molecule has 0 amide bonds. The van der Waals surface area contributed by atoms with Crippen molar-refractivity contribution in [1.29, 1.82) is 0 Å². The Morgan fingerprint density at radius 3 is 2.33 bits per heavy atom. The van der Waals surface area contributed by atoms with Crippen LogP contribution in [0.1, 0.15) is 64.4 Å². The summed E-state index contributed by atoms with van der Waals surface area (Å²) in [6.45, 7) is 11.9. The molecule has 1 aromatic heterocycles. The second-order valence-electron chi connectivity index (χ2n) is 6.65. The Kier molecular flexibility index (Phi) is 11.3. The van der Waals surface area contributed by atoms with Gasteiger partial charge in [0.05, 0.1) is 5.69 Å². The topological polar surface area (TPSA) is 54.2 Å². The van der Waals surface area contributed by atoms with Gasteiger partial charge in [-0.15, -0.1) is 24.0 Å². The van der Waals surface area contributed by atoms with Crippen LogP contribution in [-0.2, 0) is 26.4 Å². The van der Waals surface area contributed by atoms with Crippen molar-refractivity contribution < 1.29 is 0 Å². The molecule has 1 rings (SSSR count). The lowest BCUT2D eigenvalue weighted by molar-refractivity contribution is 0.489. The number of halogens is 1. The lowest BCUT2D eigenvalue weighted by Crippen LogP contribution is -2.42. The number of aliphatic imine (C=N–C) groups is 1. The zero-order valence-corrected chi connectivity index (χ0v) is 18.8. The van der Waals surface area contributed by atoms with Gasteiger partial charge >= 0.3 is 0 Å². The monoisotopic (exact) mass is 449 g/mol. The lowest BCUT2D eigenvalue weighted by atomic mass is 10.0. The van der Waals surface area contributed by atoms with Crippen LogP contribution in [0.25, 0.3) is 0 Å². The van der Waals surface area contributed by atoms with Crippen LogP contribution in [0.15, 0.2) is 4.99 Å². The summed E-state index contributed by atoms with van der Waals surface area (Å²) in [5, 5.41) is 11.6. The fraction of sp³-hybridized carbons (Fsp3) is 0.778. The average Bonchev–Trinajstić information content (AvgIpc) is 2.84. The number of aryl methyl sites for hydroxylation is 2. The maximum atomic E-state index is 4.63. The Bertz CT molecular complexity index is 508. The van der Waals surface area contributed by atoms with Gasteiger partial charge in [-0.2, -0.15) is 5.10 Å². The average molecular weight is 449 g/mol. The van der Waals surface area contributed by atoms with E-state index in [1.165, 1.54) is 23.4 Å². The highest BCUT2D eigenvalue weighted by atomic mass is 127. The normalized spacial score (nSPS) is 12.9. The number of aromatic nitrogens is 2. The third-order valence-corrected chi connectivity index (χ3v) is 4.24. The zero-order valence-electron chi connectivity index (χ0n) is 16.4. The SMILES string of the molecule is CCc1nn(C)c(CC)c1CNC(=NC)NC(C)CCC(C)C.I. The van der Waals surface area contributed by atoms with E-state index in [1.54, 1.807) is 0 Å². The van der Waals surface area contributed by atoms with E-state index in [4.69, 9.17) is 0 Å². The van der Waals surface area contributed by atoms with Crippen molar-refractivity contribution in [1.82, 2.24) is 20.4 Å². The summed E-state index contributed by atoms with van der Waals surface area (Å²) in [5.41, 5.74) is 3.80. The first-order valence-corrected chi connectivity index (χ1v) is 8.93. The maximum Gasteiger partial charge on any atom is 0.191 e. The molecule has 1 atom stereocenters. The first-order valence-electron chi connectivity index (χ1n) is 8.93. The van der Waals surface area contributed by atoms with Crippen molar-refractivity contribution in [2.24, 2.45) is 18.0 Å². The lowest BCUT2D eigenvalue weighted by Gasteiger charge is -2.19. The molecule has 6 heteroatoms. The van der Waals surface area contributed by atoms with Crippen LogP contribution in [0.2, 0.25) is 0 Å². The molecule has 24 heavy (non-hydrogen) atoms. The van der Waals surface area contributed by atoms with Gasteiger partial charge in [-0.25, -0.2) is 0 Å². The Balaban J connectivity index is 0.00000529. The highest BCUT2D eigenvalue weighted by molar-refractivity contribution is 14.0. The number of hydrogen-bond donors (Lipinski definition) is 2. The van der Waals surface area contributed by atoms with Crippen molar-refractivity contribution in [2.45, 2.75) is 72.9 Å². The highest BCUT2D eigenvalue weighted by Gasteiger charge is 2.14. The summed E-state index contributed by atoms with van der Waals surface area (Å²) in [6.07, 6.45) is 4.35. The quantitative estimate of drug-likeness (QED) is 0.362. The fourth-order valence-electron chi connectivity index (χ4n) is 2.85. The second kappa shape index (κ2) is 11.7. The van der Waals surface area contributed by atoms with Crippen LogP contribution in [0, 0.1) is 5.92 Å². The second-order valence-corrected chi connectivity index (χ2v) is 6.65. The Morgan fingerprint density at radius 2 is 1.83 bits per heavy atom. The van der Waals surface area contributed by atoms with Gasteiger partial charge in [0.25, 0.3) is 0 Å². The summed E-state index contributed by atoms with van der Waals surface area (Å²) < 4.78 is 2.01. The van der Waals surface area contributed by atoms with Gasteiger partial charge < -0.3 is 10.6 Å². The zero-order chi connectivity index (χ0) is 17.4. The van der Waals surface area contributed by atoms with E-state index in [9.17, 15) is 0 Å². The third-order valence-electron chi connectivity index (χ3n) is 4.24. The minimum Gasteiger partial charge on any atom is -0.354 e. The van der Waals surface area contributed by atoms with E-state index in [1.807, 2.05) is 18.8 Å². The van der Waals surface area contributed by atoms with E-state index in [0.717, 1.165) is 37.7 Å². The summed E-state index contributed by atoms with van der Waals surface area (Å²) >= 11 is 0. The molecule has 0 aliphatic carbocycles. The van der Waals surface area contributed by atoms with Crippen LogP contribution in [0.3, 0.4) is 0 Å². The molecule has 0 saturated heterocycles. The molecule has 0 radical (unpaired) electrons. The molecule has 0 spiro atoms. The predicted octanol–water partition coefficient (Wildman–Crippen LogP) is 3.65. The molecule has 140 valence electrons. The van der Waals surface area contributed by atoms with Crippen LogP contribution >= 0.6 is 24.0 Å². The van der Waals surface area contributed by atoms with Gasteiger partial charge in [-0.3, -0.25) is 9.67 Å². The van der Waals surface area contributed by atoms with Crippen molar-refractivity contribution >= 4 is 29.9 Å². The van der Waals surface area contributed by atoms with Gasteiger partial charge in [-0.1, -0.05) is 27.7 Å². The first kappa shape index (κ1) is 23.2. The number of nitrogens with zero attached hydrogens (tertiary/aromatic N) is 3. The van der Waals surface area contributed by atoms with E-state index in [0.29, 0.717) is 6.04 Å². The summed E-state index contributed by atoms with van der Waals surface area (Å²) in [7, 11) is 3.86. The van der Waals surface area contributed by atoms with E-state index < -0.39 is 0 Å². The number of guanidine groups is 1. The Hall–Kier alpha value is -0.790. The fourth-order valence-corrected chi connectivity index (χ4v) is 2.85. The minimum atomic E-state index is 0. The summed E-state index contributed by atoms with van der Waals surface area (Å²) in [5.74, 6) is 1.61. The van der Waals surface area contributed by atoms with Crippen LogP contribution in [0.4, 0.5) is 0 Å². The van der Waals surface area contributed by atoms with Gasteiger partial charge in [-0.05, 0) is 38.5 Å². The minimum absolute atomic E-state index is 0. The summed E-state index contributed by atoms with van der Waals surface area (Å²) in [6, 6.07) is 0.425. The van der Waals surface area contributed by atoms with Gasteiger partial charge in [0.2, 0.25) is 0 Å². The van der Waals surface area contributed by atoms with E-state index >= 15 is 0 Å². The van der Waals surface area contributed by atoms with Gasteiger partial charge in [0, 0.05) is 37.9 Å². The van der Waals surface area contributed by atoms with Crippen LogP contribution < -0.4 is 10.6 Å². The van der Waals surface area contributed by atoms with E-state index in [-0.39, 0.29) is 24.0 Å². The number of rotatable bonds is 8. The number of nitrogens with one attached hydrogen (secondary N) is 2. The van der Waals surface area contributed by atoms with Crippen LogP contribution in [-0.4, -0.2) is 28.8 Å². The predicted molar refractivity (Wildman–Crippen MR) is 114 cm³/mol. The van der Waals surface area contributed by atoms with Gasteiger partial charge in [0.1, 0.15) is 0 Å². The molecule has 2 N–H and O–H groups in total. The smallest absolute Gasteiger partial charge is 0.191 e. The van der Waals surface area contributed by atoms with Crippen molar-refractivity contribution in [2.75, 3.05) is 7.05 Å². The largest absolute Gasteiger partial charge is 0.354 e. The molecule has 1 heterocycles. The molecule has 0 aromatic carbocycles. The maximum absolute atomic E-state index is 4.63. The highest BCUT2D eigenvalue weighted by Crippen LogP contribution is 2.15. The Labute approximate surface area is 165 Å². The molecule has 1 aromatic rings. The molecule has 1 unspecified atom stereocenters. The van der Waals surface area contributed by atoms with Crippen molar-refractivity contribution in [3.8, 4) is 0 Å². The van der Waals surface area contributed by atoms with Crippen molar-refractivity contribution in [3.05, 3.63) is 17.0 Å². The van der Waals surface area contributed by atoms with Crippen molar-refractivity contribution in [3.63, 3.8) is 0 Å². The standard InChI is InChI=1S/C18H35N5.HI/c1-8-16-15(17(9-2)23(7)22-16)12-20-18(19-6)21-14(5)11-10-13(3)4;/h13-14H,8-12H2,1-7H3,(H2,19,20,21);1H. The number of hydrogen-bond acceptors (Lipinski definition) is 2. The molecular formula is C18H36IN5. The molecular weight excluding hydrogens is 413 g/mol. The molecule has 0 fully saturated rings. The van der Waals surface area contributed by atoms with E-state index in [2.05, 4.69) is 55.3 Å². The molecule has 0 saturated carbocycles. The summed E-state index contributed by atoms with van der Waals surface area (Å²) in [4.78, 5) is 4.36. The third kappa shape index (κ3) is 6.99. The first-order chi connectivity index (χ1) is 10.9. The van der Waals surface area contributed by atoms with Crippen LogP contribution in [0.5, 0.6) is 0 Å². The Morgan fingerprint density at radius 1 is 1.17 bits per heavy atom. The molecule has 0 aliphatic rings. The van der Waals surface area contributed by atoms with Gasteiger partial charge in [0.15, 0.2) is 5.96 Å².